The number of hydrogen-bond acceptors (Lipinski definition) is 4. The highest BCUT2D eigenvalue weighted by atomic mass is 16.4. The number of amides is 1. The summed E-state index contributed by atoms with van der Waals surface area (Å²) < 4.78 is 1.81. The average Bonchev–Trinajstić information content (AvgIpc) is 3.21. The number of aliphatic carboxylic acids is 1. The molecule has 7 nitrogen and oxygen atoms in total. The van der Waals surface area contributed by atoms with Crippen molar-refractivity contribution in [2.24, 2.45) is 0 Å². The number of benzene rings is 1. The number of aryl methyl sites for hydroxylation is 1. The molecule has 1 unspecified atom stereocenters. The van der Waals surface area contributed by atoms with Crippen molar-refractivity contribution in [3.63, 3.8) is 0 Å². The Morgan fingerprint density at radius 3 is 2.69 bits per heavy atom. The summed E-state index contributed by atoms with van der Waals surface area (Å²) in [4.78, 5) is 25.5. The lowest BCUT2D eigenvalue weighted by Crippen LogP contribution is -2.37. The molecule has 0 radical (unpaired) electrons. The number of anilines is 1. The lowest BCUT2D eigenvalue weighted by Gasteiger charge is -2.20. The monoisotopic (exact) mass is 356 g/mol. The van der Waals surface area contributed by atoms with E-state index in [-0.39, 0.29) is 12.3 Å². The summed E-state index contributed by atoms with van der Waals surface area (Å²) in [5.74, 6) is -0.932. The van der Waals surface area contributed by atoms with Crippen molar-refractivity contribution in [1.82, 2.24) is 14.7 Å². The molecule has 0 bridgehead atoms. The first-order valence-electron chi connectivity index (χ1n) is 8.85. The number of para-hydroxylation sites is 1. The SMILES string of the molecule is Cc1nn(-c2ccccc2)c(C)c1NC(=O)CCN1CCCC1C(=O)O. The lowest BCUT2D eigenvalue weighted by atomic mass is 10.2. The van der Waals surface area contributed by atoms with E-state index in [0.29, 0.717) is 13.0 Å². The average molecular weight is 356 g/mol. The number of rotatable bonds is 6. The number of hydrogen-bond donors (Lipinski definition) is 2. The second-order valence-corrected chi connectivity index (χ2v) is 6.62. The van der Waals surface area contributed by atoms with Gasteiger partial charge in [0.25, 0.3) is 0 Å². The van der Waals surface area contributed by atoms with Crippen LogP contribution in [0.5, 0.6) is 0 Å². The molecule has 0 aliphatic carbocycles. The molecule has 2 heterocycles. The standard InChI is InChI=1S/C19H24N4O3/c1-13-18(14(2)23(21-13)15-7-4-3-5-8-15)20-17(24)10-12-22-11-6-9-16(22)19(25)26/h3-5,7-8,16H,6,9-12H2,1-2H3,(H,20,24)(H,25,26). The summed E-state index contributed by atoms with van der Waals surface area (Å²) in [6.07, 6.45) is 1.78. The maximum absolute atomic E-state index is 12.4. The van der Waals surface area contributed by atoms with Crippen molar-refractivity contribution in [2.45, 2.75) is 39.2 Å². The molecule has 1 fully saturated rings. The van der Waals surface area contributed by atoms with E-state index in [1.807, 2.05) is 53.8 Å². The first-order valence-corrected chi connectivity index (χ1v) is 8.85. The number of nitrogens with one attached hydrogen (secondary N) is 1. The van der Waals surface area contributed by atoms with Gasteiger partial charge in [-0.05, 0) is 45.4 Å². The molecule has 26 heavy (non-hydrogen) atoms. The number of carboxylic acid groups (broad SMARTS) is 1. The molecule has 3 rings (SSSR count). The van der Waals surface area contributed by atoms with Crippen LogP contribution in [0.1, 0.15) is 30.7 Å². The Bertz CT molecular complexity index is 801. The number of carboxylic acids is 1. The van der Waals surface area contributed by atoms with Crippen molar-refractivity contribution in [3.8, 4) is 5.69 Å². The summed E-state index contributed by atoms with van der Waals surface area (Å²) in [7, 11) is 0. The van der Waals surface area contributed by atoms with Gasteiger partial charge in [0, 0.05) is 13.0 Å². The molecule has 1 aliphatic heterocycles. The maximum atomic E-state index is 12.4. The van der Waals surface area contributed by atoms with Crippen molar-refractivity contribution in [1.29, 1.82) is 0 Å². The van der Waals surface area contributed by atoms with Gasteiger partial charge in [-0.1, -0.05) is 18.2 Å². The van der Waals surface area contributed by atoms with Crippen molar-refractivity contribution >= 4 is 17.6 Å². The molecule has 138 valence electrons. The third kappa shape index (κ3) is 3.77. The molecule has 1 atom stereocenters. The van der Waals surface area contributed by atoms with Gasteiger partial charge < -0.3 is 10.4 Å². The fourth-order valence-electron chi connectivity index (χ4n) is 3.46. The second-order valence-electron chi connectivity index (χ2n) is 6.62. The first kappa shape index (κ1) is 18.1. The third-order valence-electron chi connectivity index (χ3n) is 4.83. The van der Waals surface area contributed by atoms with Gasteiger partial charge >= 0.3 is 5.97 Å². The van der Waals surface area contributed by atoms with Gasteiger partial charge in [0.2, 0.25) is 5.91 Å². The van der Waals surface area contributed by atoms with Crippen molar-refractivity contribution < 1.29 is 14.7 Å². The highest BCUT2D eigenvalue weighted by Crippen LogP contribution is 2.23. The zero-order chi connectivity index (χ0) is 18.7. The van der Waals surface area contributed by atoms with Crippen LogP contribution in [0.3, 0.4) is 0 Å². The van der Waals surface area contributed by atoms with Gasteiger partial charge in [0.05, 0.1) is 22.8 Å². The van der Waals surface area contributed by atoms with Crippen LogP contribution in [0.15, 0.2) is 30.3 Å². The van der Waals surface area contributed by atoms with Crippen LogP contribution >= 0.6 is 0 Å². The fourth-order valence-corrected chi connectivity index (χ4v) is 3.46. The Hall–Kier alpha value is -2.67. The number of carbonyl (C=O) groups is 2. The summed E-state index contributed by atoms with van der Waals surface area (Å²) >= 11 is 0. The summed E-state index contributed by atoms with van der Waals surface area (Å²) in [6, 6.07) is 9.29. The van der Waals surface area contributed by atoms with E-state index in [0.717, 1.165) is 35.7 Å². The smallest absolute Gasteiger partial charge is 0.320 e. The minimum atomic E-state index is -0.807. The summed E-state index contributed by atoms with van der Waals surface area (Å²) in [5.41, 5.74) is 3.28. The summed E-state index contributed by atoms with van der Waals surface area (Å²) in [6.45, 7) is 4.97. The Balaban J connectivity index is 1.65. The van der Waals surface area contributed by atoms with Crippen molar-refractivity contribution in [2.75, 3.05) is 18.4 Å². The zero-order valence-electron chi connectivity index (χ0n) is 15.1. The Morgan fingerprint density at radius 2 is 2.00 bits per heavy atom. The quantitative estimate of drug-likeness (QED) is 0.830. The van der Waals surface area contributed by atoms with E-state index < -0.39 is 12.0 Å². The van der Waals surface area contributed by atoms with Crippen LogP contribution in [0.25, 0.3) is 5.69 Å². The van der Waals surface area contributed by atoms with Crippen molar-refractivity contribution in [3.05, 3.63) is 41.7 Å². The van der Waals surface area contributed by atoms with Gasteiger partial charge in [-0.25, -0.2) is 4.68 Å². The predicted molar refractivity (Wildman–Crippen MR) is 98.5 cm³/mol. The van der Waals surface area contributed by atoms with E-state index in [1.165, 1.54) is 0 Å². The molecule has 1 aromatic carbocycles. The number of nitrogens with zero attached hydrogens (tertiary/aromatic N) is 3. The Morgan fingerprint density at radius 1 is 1.27 bits per heavy atom. The van der Waals surface area contributed by atoms with Crippen LogP contribution < -0.4 is 5.32 Å². The molecule has 1 amide bonds. The van der Waals surface area contributed by atoms with E-state index in [2.05, 4.69) is 10.4 Å². The van der Waals surface area contributed by atoms with Crippen LogP contribution in [0.2, 0.25) is 0 Å². The molecule has 1 aliphatic rings. The minimum absolute atomic E-state index is 0.125. The molecular weight excluding hydrogens is 332 g/mol. The molecule has 7 heteroatoms. The Labute approximate surface area is 152 Å². The molecule has 1 saturated heterocycles. The molecule has 1 aromatic heterocycles. The summed E-state index contributed by atoms with van der Waals surface area (Å²) in [5, 5.41) is 16.7. The predicted octanol–water partition coefficient (Wildman–Crippen LogP) is 2.37. The van der Waals surface area contributed by atoms with Crippen LogP contribution in [0.4, 0.5) is 5.69 Å². The van der Waals surface area contributed by atoms with E-state index in [9.17, 15) is 14.7 Å². The highest BCUT2D eigenvalue weighted by Gasteiger charge is 2.30. The van der Waals surface area contributed by atoms with Gasteiger partial charge in [0.15, 0.2) is 0 Å². The molecule has 0 saturated carbocycles. The van der Waals surface area contributed by atoms with Crippen LogP contribution in [-0.4, -0.2) is 50.8 Å². The Kier molecular flexibility index (Phi) is 5.37. The topological polar surface area (TPSA) is 87.5 Å². The maximum Gasteiger partial charge on any atom is 0.320 e. The fraction of sp³-hybridized carbons (Fsp3) is 0.421. The van der Waals surface area contributed by atoms with E-state index in [4.69, 9.17) is 0 Å². The molecular formula is C19H24N4O3. The van der Waals surface area contributed by atoms with E-state index >= 15 is 0 Å². The highest BCUT2D eigenvalue weighted by molar-refractivity contribution is 5.92. The second kappa shape index (κ2) is 7.70. The number of likely N-dealkylation sites (tertiary alicyclic amines) is 1. The number of aromatic nitrogens is 2. The van der Waals surface area contributed by atoms with Gasteiger partial charge in [-0.2, -0.15) is 5.10 Å². The number of carbonyl (C=O) groups excluding carboxylic acids is 1. The third-order valence-corrected chi connectivity index (χ3v) is 4.83. The minimum Gasteiger partial charge on any atom is -0.480 e. The van der Waals surface area contributed by atoms with E-state index in [1.54, 1.807) is 0 Å². The van der Waals surface area contributed by atoms with Gasteiger partial charge in [-0.3, -0.25) is 14.5 Å². The lowest BCUT2D eigenvalue weighted by molar-refractivity contribution is -0.142. The van der Waals surface area contributed by atoms with Crippen LogP contribution in [-0.2, 0) is 9.59 Å². The molecule has 2 aromatic rings. The normalized spacial score (nSPS) is 17.4. The van der Waals surface area contributed by atoms with Gasteiger partial charge in [0.1, 0.15) is 6.04 Å². The first-order chi connectivity index (χ1) is 12.5. The zero-order valence-corrected chi connectivity index (χ0v) is 15.1. The largest absolute Gasteiger partial charge is 0.480 e. The van der Waals surface area contributed by atoms with Gasteiger partial charge in [-0.15, -0.1) is 0 Å². The molecule has 2 N–H and O–H groups in total. The molecule has 0 spiro atoms. The van der Waals surface area contributed by atoms with Crippen LogP contribution in [0, 0.1) is 13.8 Å².